The molecular formula is C33H39ClNO6P. The molecule has 3 aromatic rings. The number of carbonyl (C=O) groups excluding carboxylic acids is 1. The second kappa shape index (κ2) is 12.9. The predicted octanol–water partition coefficient (Wildman–Crippen LogP) is 8.02. The Morgan fingerprint density at radius 3 is 2.48 bits per heavy atom. The standard InChI is InChI=1S/C33H39ClNO6P/c1-20(2)28-16-23(8-11-31(28)40-33(36)32(35)24-9-10-24)17-29-21(3)14-27(15-22(29)4)38-19-42(37)39-13-12-30(41-42)25-6-5-7-26(34)18-25/h5-8,11,14-16,18,20,24,30,32H,9-10,12-13,17,19,35H2,1-4H3/t30-,32-,42+/m0/s1. The maximum atomic E-state index is 13.4. The second-order valence-corrected chi connectivity index (χ2v) is 14.1. The van der Waals surface area contributed by atoms with Gasteiger partial charge in [0.25, 0.3) is 0 Å². The Balaban J connectivity index is 1.25. The van der Waals surface area contributed by atoms with Crippen LogP contribution in [0.4, 0.5) is 0 Å². The van der Waals surface area contributed by atoms with Crippen molar-refractivity contribution in [3.8, 4) is 11.5 Å². The highest BCUT2D eigenvalue weighted by Crippen LogP contribution is 2.56. The molecule has 1 saturated heterocycles. The molecule has 224 valence electrons. The number of aryl methyl sites for hydroxylation is 2. The van der Waals surface area contributed by atoms with Gasteiger partial charge in [-0.15, -0.1) is 0 Å². The third-order valence-corrected chi connectivity index (χ3v) is 9.76. The van der Waals surface area contributed by atoms with Gasteiger partial charge in [-0.25, -0.2) is 4.79 Å². The largest absolute Gasteiger partial charge is 0.481 e. The van der Waals surface area contributed by atoms with E-state index in [4.69, 9.17) is 35.9 Å². The second-order valence-electron chi connectivity index (χ2n) is 11.7. The van der Waals surface area contributed by atoms with Gasteiger partial charge in [-0.05, 0) is 109 Å². The van der Waals surface area contributed by atoms with E-state index in [2.05, 4.69) is 19.9 Å². The fourth-order valence-electron chi connectivity index (χ4n) is 5.33. The molecule has 9 heteroatoms. The minimum Gasteiger partial charge on any atom is -0.481 e. The molecule has 1 aliphatic carbocycles. The number of esters is 1. The molecule has 0 amide bonds. The fourth-order valence-corrected chi connectivity index (χ4v) is 7.03. The molecule has 2 N–H and O–H groups in total. The molecule has 3 aromatic carbocycles. The topological polar surface area (TPSA) is 97.1 Å². The van der Waals surface area contributed by atoms with Crippen LogP contribution in [0.3, 0.4) is 0 Å². The van der Waals surface area contributed by atoms with Crippen molar-refractivity contribution in [1.82, 2.24) is 0 Å². The van der Waals surface area contributed by atoms with Crippen LogP contribution in [0.1, 0.15) is 78.5 Å². The number of ether oxygens (including phenoxy) is 2. The van der Waals surface area contributed by atoms with Crippen molar-refractivity contribution in [3.63, 3.8) is 0 Å². The summed E-state index contributed by atoms with van der Waals surface area (Å²) in [6.07, 6.45) is 2.73. The molecule has 1 heterocycles. The zero-order chi connectivity index (χ0) is 30.0. The van der Waals surface area contributed by atoms with Crippen LogP contribution in [0.2, 0.25) is 5.02 Å². The number of carbonyl (C=O) groups is 1. The van der Waals surface area contributed by atoms with E-state index in [-0.39, 0.29) is 30.3 Å². The highest BCUT2D eigenvalue weighted by atomic mass is 35.5. The molecule has 1 saturated carbocycles. The first-order valence-corrected chi connectivity index (χ1v) is 16.6. The first-order valence-electron chi connectivity index (χ1n) is 14.5. The Labute approximate surface area is 253 Å². The van der Waals surface area contributed by atoms with E-state index < -0.39 is 13.6 Å². The van der Waals surface area contributed by atoms with E-state index in [9.17, 15) is 9.36 Å². The molecule has 0 bridgehead atoms. The van der Waals surface area contributed by atoms with E-state index >= 15 is 0 Å². The maximum Gasteiger partial charge on any atom is 0.368 e. The lowest BCUT2D eigenvalue weighted by molar-refractivity contribution is -0.136. The molecule has 2 aliphatic rings. The van der Waals surface area contributed by atoms with Gasteiger partial charge in [0.05, 0.1) is 12.7 Å². The number of halogens is 1. The van der Waals surface area contributed by atoms with Crippen LogP contribution >= 0.6 is 19.2 Å². The van der Waals surface area contributed by atoms with Crippen LogP contribution in [0.25, 0.3) is 0 Å². The van der Waals surface area contributed by atoms with Crippen molar-refractivity contribution < 1.29 is 27.9 Å². The van der Waals surface area contributed by atoms with Crippen molar-refractivity contribution in [3.05, 3.63) is 93.0 Å². The summed E-state index contributed by atoms with van der Waals surface area (Å²) in [5, 5.41) is 0.605. The van der Waals surface area contributed by atoms with Gasteiger partial charge in [0.2, 0.25) is 0 Å². The van der Waals surface area contributed by atoms with E-state index in [0.29, 0.717) is 36.0 Å². The van der Waals surface area contributed by atoms with Crippen LogP contribution in [0.5, 0.6) is 11.5 Å². The summed E-state index contributed by atoms with van der Waals surface area (Å²) in [5.41, 5.74) is 12.3. The maximum absolute atomic E-state index is 13.4. The highest BCUT2D eigenvalue weighted by molar-refractivity contribution is 7.53. The van der Waals surface area contributed by atoms with E-state index in [1.165, 1.54) is 5.56 Å². The molecular weight excluding hydrogens is 573 g/mol. The zero-order valence-electron chi connectivity index (χ0n) is 24.6. The van der Waals surface area contributed by atoms with Crippen LogP contribution in [0, 0.1) is 19.8 Å². The first-order chi connectivity index (χ1) is 20.0. The summed E-state index contributed by atoms with van der Waals surface area (Å²) in [6.45, 7) is 8.57. The molecule has 0 unspecified atom stereocenters. The van der Waals surface area contributed by atoms with Gasteiger partial charge in [-0.3, -0.25) is 9.09 Å². The van der Waals surface area contributed by atoms with Gasteiger partial charge in [0.15, 0.2) is 6.35 Å². The number of nitrogens with two attached hydrogens (primary N) is 1. The Morgan fingerprint density at radius 1 is 1.07 bits per heavy atom. The third-order valence-electron chi connectivity index (χ3n) is 7.92. The highest BCUT2D eigenvalue weighted by Gasteiger charge is 2.36. The predicted molar refractivity (Wildman–Crippen MR) is 165 cm³/mol. The smallest absolute Gasteiger partial charge is 0.368 e. The van der Waals surface area contributed by atoms with Crippen molar-refractivity contribution in [1.29, 1.82) is 0 Å². The summed E-state index contributed by atoms with van der Waals surface area (Å²) in [7, 11) is -3.46. The molecule has 3 atom stereocenters. The Morgan fingerprint density at radius 2 is 1.81 bits per heavy atom. The lowest BCUT2D eigenvalue weighted by Crippen LogP contribution is -2.36. The lowest BCUT2D eigenvalue weighted by atomic mass is 9.93. The number of hydrogen-bond donors (Lipinski definition) is 1. The quantitative estimate of drug-likeness (QED) is 0.141. The molecule has 0 radical (unpaired) electrons. The first kappa shape index (κ1) is 30.8. The third kappa shape index (κ3) is 7.45. The number of benzene rings is 3. The van der Waals surface area contributed by atoms with E-state index in [1.54, 1.807) is 6.07 Å². The summed E-state index contributed by atoms with van der Waals surface area (Å²) in [6, 6.07) is 16.7. The summed E-state index contributed by atoms with van der Waals surface area (Å²) in [4.78, 5) is 12.5. The monoisotopic (exact) mass is 611 g/mol. The van der Waals surface area contributed by atoms with Crippen molar-refractivity contribution in [2.45, 2.75) is 71.4 Å². The Kier molecular flexibility index (Phi) is 9.46. The van der Waals surface area contributed by atoms with Crippen molar-refractivity contribution in [2.75, 3.05) is 13.0 Å². The lowest BCUT2D eigenvalue weighted by Gasteiger charge is -2.30. The van der Waals surface area contributed by atoms with Crippen molar-refractivity contribution in [2.24, 2.45) is 11.7 Å². The van der Waals surface area contributed by atoms with Crippen LogP contribution < -0.4 is 15.2 Å². The van der Waals surface area contributed by atoms with E-state index in [1.807, 2.05) is 56.3 Å². The number of rotatable bonds is 10. The minimum absolute atomic E-state index is 0.174. The Hall–Kier alpha value is -2.67. The molecule has 1 aliphatic heterocycles. The molecule has 42 heavy (non-hydrogen) atoms. The summed E-state index contributed by atoms with van der Waals surface area (Å²) in [5.74, 6) is 1.24. The van der Waals surface area contributed by atoms with Gasteiger partial charge < -0.3 is 19.7 Å². The van der Waals surface area contributed by atoms with Gasteiger partial charge in [-0.2, -0.15) is 0 Å². The Bertz CT molecular complexity index is 1480. The van der Waals surface area contributed by atoms with E-state index in [0.717, 1.165) is 40.7 Å². The summed E-state index contributed by atoms with van der Waals surface area (Å²) >= 11 is 6.14. The van der Waals surface area contributed by atoms with Gasteiger partial charge in [-0.1, -0.05) is 49.7 Å². The van der Waals surface area contributed by atoms with Gasteiger partial charge in [0.1, 0.15) is 17.5 Å². The minimum atomic E-state index is -3.46. The van der Waals surface area contributed by atoms with Gasteiger partial charge >= 0.3 is 13.6 Å². The summed E-state index contributed by atoms with van der Waals surface area (Å²) < 4.78 is 36.5. The van der Waals surface area contributed by atoms with Crippen molar-refractivity contribution >= 4 is 25.2 Å². The normalized spacial score (nSPS) is 21.3. The SMILES string of the molecule is Cc1cc(OC[P@@]2(=O)OCC[C@@H](c3cccc(Cl)c3)O2)cc(C)c1Cc1ccc(OC(=O)[C@@H](N)C2CC2)c(C(C)C)c1. The van der Waals surface area contributed by atoms with Crippen LogP contribution in [-0.2, 0) is 24.8 Å². The van der Waals surface area contributed by atoms with Crippen LogP contribution in [0.15, 0.2) is 54.6 Å². The van der Waals surface area contributed by atoms with Gasteiger partial charge in [0, 0.05) is 11.4 Å². The fraction of sp³-hybridized carbons (Fsp3) is 0.424. The molecule has 0 aromatic heterocycles. The molecule has 0 spiro atoms. The molecule has 2 fully saturated rings. The zero-order valence-corrected chi connectivity index (χ0v) is 26.3. The number of hydrogen-bond acceptors (Lipinski definition) is 7. The molecule has 5 rings (SSSR count). The molecule has 7 nitrogen and oxygen atoms in total. The average Bonchev–Trinajstić information content (AvgIpc) is 3.80. The average molecular weight is 612 g/mol. The van der Waals surface area contributed by atoms with Crippen LogP contribution in [-0.4, -0.2) is 25.0 Å².